The Bertz CT molecular complexity index is 654. The predicted octanol–water partition coefficient (Wildman–Crippen LogP) is 2.09. The van der Waals surface area contributed by atoms with Crippen LogP contribution in [-0.4, -0.2) is 42.0 Å². The van der Waals surface area contributed by atoms with E-state index in [1.54, 1.807) is 6.07 Å². The SMILES string of the molecule is CN1CCCCC1CNC(=O)c1ccc2nc(N)sc2c1. The average Bonchev–Trinajstić information content (AvgIpc) is 2.85. The minimum atomic E-state index is -0.0251. The summed E-state index contributed by atoms with van der Waals surface area (Å²) in [7, 11) is 2.13. The number of carbonyl (C=O) groups is 1. The van der Waals surface area contributed by atoms with Gasteiger partial charge in [0.05, 0.1) is 10.2 Å². The smallest absolute Gasteiger partial charge is 0.251 e. The summed E-state index contributed by atoms with van der Waals surface area (Å²) in [5.41, 5.74) is 7.21. The molecule has 0 bridgehead atoms. The van der Waals surface area contributed by atoms with Crippen molar-refractivity contribution < 1.29 is 4.79 Å². The number of aromatic nitrogens is 1. The monoisotopic (exact) mass is 304 g/mol. The van der Waals surface area contributed by atoms with Crippen LogP contribution in [0.3, 0.4) is 0 Å². The molecule has 2 heterocycles. The third-order valence-corrected chi connectivity index (χ3v) is 4.93. The lowest BCUT2D eigenvalue weighted by molar-refractivity contribution is 0.0928. The van der Waals surface area contributed by atoms with Crippen molar-refractivity contribution in [2.75, 3.05) is 25.9 Å². The number of hydrogen-bond acceptors (Lipinski definition) is 5. The molecule has 21 heavy (non-hydrogen) atoms. The van der Waals surface area contributed by atoms with Gasteiger partial charge in [-0.3, -0.25) is 4.79 Å². The summed E-state index contributed by atoms with van der Waals surface area (Å²) < 4.78 is 0.954. The van der Waals surface area contributed by atoms with Gasteiger partial charge in [0.15, 0.2) is 5.13 Å². The van der Waals surface area contributed by atoms with Crippen molar-refractivity contribution in [1.29, 1.82) is 0 Å². The molecule has 112 valence electrons. The molecule has 1 aromatic carbocycles. The largest absolute Gasteiger partial charge is 0.375 e. The van der Waals surface area contributed by atoms with Crippen molar-refractivity contribution in [3.05, 3.63) is 23.8 Å². The molecule has 1 saturated heterocycles. The van der Waals surface area contributed by atoms with Crippen molar-refractivity contribution in [2.45, 2.75) is 25.3 Å². The Morgan fingerprint density at radius 1 is 1.52 bits per heavy atom. The number of anilines is 1. The van der Waals surface area contributed by atoms with Crippen LogP contribution in [0, 0.1) is 0 Å². The fourth-order valence-electron chi connectivity index (χ4n) is 2.80. The van der Waals surface area contributed by atoms with E-state index in [-0.39, 0.29) is 5.91 Å². The minimum absolute atomic E-state index is 0.0251. The Hall–Kier alpha value is -1.66. The standard InChI is InChI=1S/C15H20N4OS/c1-19-7-3-2-4-11(19)9-17-14(20)10-5-6-12-13(8-10)21-15(16)18-12/h5-6,8,11H,2-4,7,9H2,1H3,(H2,16,18)(H,17,20). The van der Waals surface area contributed by atoms with Crippen LogP contribution in [0.4, 0.5) is 5.13 Å². The van der Waals surface area contributed by atoms with Crippen molar-refractivity contribution in [3.63, 3.8) is 0 Å². The Morgan fingerprint density at radius 3 is 3.19 bits per heavy atom. The van der Waals surface area contributed by atoms with Crippen LogP contribution >= 0.6 is 11.3 Å². The first-order chi connectivity index (χ1) is 10.1. The molecule has 1 unspecified atom stereocenters. The van der Waals surface area contributed by atoms with E-state index in [9.17, 15) is 4.79 Å². The molecule has 1 amide bonds. The van der Waals surface area contributed by atoms with E-state index in [1.807, 2.05) is 12.1 Å². The maximum Gasteiger partial charge on any atom is 0.251 e. The van der Waals surface area contributed by atoms with Gasteiger partial charge in [0.1, 0.15) is 0 Å². The average molecular weight is 304 g/mol. The first kappa shape index (κ1) is 14.3. The molecule has 2 aromatic rings. The molecule has 1 atom stereocenters. The highest BCUT2D eigenvalue weighted by atomic mass is 32.1. The highest BCUT2D eigenvalue weighted by Gasteiger charge is 2.19. The topological polar surface area (TPSA) is 71.2 Å². The minimum Gasteiger partial charge on any atom is -0.375 e. The van der Waals surface area contributed by atoms with E-state index in [1.165, 1.54) is 24.2 Å². The zero-order valence-corrected chi connectivity index (χ0v) is 12.9. The maximum absolute atomic E-state index is 12.3. The van der Waals surface area contributed by atoms with Gasteiger partial charge in [-0.1, -0.05) is 17.8 Å². The number of piperidine rings is 1. The number of nitrogen functional groups attached to an aromatic ring is 1. The van der Waals surface area contributed by atoms with Gasteiger partial charge in [0.2, 0.25) is 0 Å². The Labute approximate surface area is 128 Å². The molecule has 1 aliphatic heterocycles. The summed E-state index contributed by atoms with van der Waals surface area (Å²) in [5.74, 6) is -0.0251. The highest BCUT2D eigenvalue weighted by Crippen LogP contribution is 2.24. The van der Waals surface area contributed by atoms with Gasteiger partial charge in [-0.2, -0.15) is 0 Å². The van der Waals surface area contributed by atoms with Gasteiger partial charge in [0.25, 0.3) is 5.91 Å². The number of nitrogens with one attached hydrogen (secondary N) is 1. The molecule has 0 radical (unpaired) electrons. The lowest BCUT2D eigenvalue weighted by Crippen LogP contribution is -2.44. The van der Waals surface area contributed by atoms with E-state index in [2.05, 4.69) is 22.2 Å². The molecule has 3 N–H and O–H groups in total. The second-order valence-electron chi connectivity index (χ2n) is 5.57. The number of nitrogens with two attached hydrogens (primary N) is 1. The van der Waals surface area contributed by atoms with Crippen LogP contribution < -0.4 is 11.1 Å². The van der Waals surface area contributed by atoms with E-state index >= 15 is 0 Å². The van der Waals surface area contributed by atoms with Crippen LogP contribution in [-0.2, 0) is 0 Å². The lowest BCUT2D eigenvalue weighted by atomic mass is 10.0. The number of nitrogens with zero attached hydrogens (tertiary/aromatic N) is 2. The van der Waals surface area contributed by atoms with Crippen molar-refractivity contribution in [1.82, 2.24) is 15.2 Å². The Balaban J connectivity index is 1.66. The molecular formula is C15H20N4OS. The van der Waals surface area contributed by atoms with Crippen LogP contribution in [0.15, 0.2) is 18.2 Å². The first-order valence-electron chi connectivity index (χ1n) is 7.28. The number of carbonyl (C=O) groups excluding carboxylic acids is 1. The third-order valence-electron chi connectivity index (χ3n) is 4.09. The predicted molar refractivity (Wildman–Crippen MR) is 86.6 cm³/mol. The van der Waals surface area contributed by atoms with Crippen LogP contribution in [0.25, 0.3) is 10.2 Å². The van der Waals surface area contributed by atoms with Gasteiger partial charge >= 0.3 is 0 Å². The van der Waals surface area contributed by atoms with Gasteiger partial charge in [-0.25, -0.2) is 4.98 Å². The summed E-state index contributed by atoms with van der Waals surface area (Å²) in [5, 5.41) is 3.58. The summed E-state index contributed by atoms with van der Waals surface area (Å²) in [4.78, 5) is 18.8. The van der Waals surface area contributed by atoms with Crippen LogP contribution in [0.1, 0.15) is 29.6 Å². The third kappa shape index (κ3) is 3.16. The molecule has 6 heteroatoms. The highest BCUT2D eigenvalue weighted by molar-refractivity contribution is 7.22. The number of hydrogen-bond donors (Lipinski definition) is 2. The van der Waals surface area contributed by atoms with Crippen LogP contribution in [0.5, 0.6) is 0 Å². The second kappa shape index (κ2) is 5.99. The van der Waals surface area contributed by atoms with E-state index in [0.717, 1.165) is 23.2 Å². The number of rotatable bonds is 3. The molecule has 0 spiro atoms. The molecule has 1 aliphatic rings. The Kier molecular flexibility index (Phi) is 4.07. The van der Waals surface area contributed by atoms with Gasteiger partial charge in [0, 0.05) is 18.2 Å². The quantitative estimate of drug-likeness (QED) is 0.911. The summed E-state index contributed by atoms with van der Waals surface area (Å²) in [6, 6.07) is 5.97. The van der Waals surface area contributed by atoms with E-state index in [0.29, 0.717) is 23.3 Å². The second-order valence-corrected chi connectivity index (χ2v) is 6.64. The van der Waals surface area contributed by atoms with E-state index < -0.39 is 0 Å². The number of fused-ring (bicyclic) bond motifs is 1. The fourth-order valence-corrected chi connectivity index (χ4v) is 3.57. The molecule has 3 rings (SSSR count). The summed E-state index contributed by atoms with van der Waals surface area (Å²) >= 11 is 1.41. The number of likely N-dealkylation sites (tertiary alicyclic amines) is 1. The first-order valence-corrected chi connectivity index (χ1v) is 8.09. The van der Waals surface area contributed by atoms with Crippen LogP contribution in [0.2, 0.25) is 0 Å². The van der Waals surface area contributed by atoms with E-state index in [4.69, 9.17) is 5.73 Å². The number of likely N-dealkylation sites (N-methyl/N-ethyl adjacent to an activating group) is 1. The molecule has 5 nitrogen and oxygen atoms in total. The maximum atomic E-state index is 12.3. The molecule has 0 saturated carbocycles. The van der Waals surface area contributed by atoms with Crippen molar-refractivity contribution in [2.24, 2.45) is 0 Å². The van der Waals surface area contributed by atoms with Crippen molar-refractivity contribution >= 4 is 32.6 Å². The van der Waals surface area contributed by atoms with Gasteiger partial charge in [-0.15, -0.1) is 0 Å². The zero-order valence-electron chi connectivity index (χ0n) is 12.1. The number of thiazole rings is 1. The zero-order chi connectivity index (χ0) is 14.8. The number of amides is 1. The molecule has 1 fully saturated rings. The summed E-state index contributed by atoms with van der Waals surface area (Å²) in [6.45, 7) is 1.82. The molecule has 1 aromatic heterocycles. The Morgan fingerprint density at radius 2 is 2.38 bits per heavy atom. The summed E-state index contributed by atoms with van der Waals surface area (Å²) in [6.07, 6.45) is 3.66. The fraction of sp³-hybridized carbons (Fsp3) is 0.467. The molecule has 0 aliphatic carbocycles. The van der Waals surface area contributed by atoms with Crippen molar-refractivity contribution in [3.8, 4) is 0 Å². The van der Waals surface area contributed by atoms with Gasteiger partial charge < -0.3 is 16.0 Å². The number of benzene rings is 1. The molecular weight excluding hydrogens is 284 g/mol. The van der Waals surface area contributed by atoms with Gasteiger partial charge in [-0.05, 0) is 44.6 Å². The lowest BCUT2D eigenvalue weighted by Gasteiger charge is -2.32. The normalized spacial score (nSPS) is 19.8.